The number of aromatic amines is 1. The molecule has 0 unspecified atom stereocenters. The predicted octanol–water partition coefficient (Wildman–Crippen LogP) is 2.45. The Morgan fingerprint density at radius 3 is 2.72 bits per heavy atom. The molecule has 3 aromatic rings. The quantitative estimate of drug-likeness (QED) is 0.738. The Kier molecular flexibility index (Phi) is 2.68. The third kappa shape index (κ3) is 2.18. The summed E-state index contributed by atoms with van der Waals surface area (Å²) < 4.78 is 0. The van der Waals surface area contributed by atoms with E-state index in [0.717, 1.165) is 29.7 Å². The van der Waals surface area contributed by atoms with E-state index < -0.39 is 0 Å². The molecule has 0 saturated carbocycles. The van der Waals surface area contributed by atoms with Gasteiger partial charge in [0.25, 0.3) is 0 Å². The zero-order valence-corrected chi connectivity index (χ0v) is 9.80. The lowest BCUT2D eigenvalue weighted by Crippen LogP contribution is -1.93. The molecule has 0 radical (unpaired) electrons. The molecule has 0 saturated heterocycles. The molecule has 0 aliphatic heterocycles. The number of pyridine rings is 1. The summed E-state index contributed by atoms with van der Waals surface area (Å²) in [5.41, 5.74) is 3.01. The Labute approximate surface area is 104 Å². The number of hydrogen-bond donors (Lipinski definition) is 2. The first-order chi connectivity index (χ1) is 8.81. The smallest absolute Gasteiger partial charge is 0.117 e. The van der Waals surface area contributed by atoms with E-state index >= 15 is 0 Å². The van der Waals surface area contributed by atoms with E-state index in [2.05, 4.69) is 15.0 Å². The molecule has 4 nitrogen and oxygen atoms in total. The molecule has 2 aromatic heterocycles. The van der Waals surface area contributed by atoms with Crippen LogP contribution in [0.5, 0.6) is 5.75 Å². The summed E-state index contributed by atoms with van der Waals surface area (Å²) >= 11 is 0. The molecular weight excluding hydrogens is 226 g/mol. The van der Waals surface area contributed by atoms with Crippen molar-refractivity contribution in [2.24, 2.45) is 0 Å². The number of aromatic nitrogens is 3. The van der Waals surface area contributed by atoms with Crippen molar-refractivity contribution in [3.8, 4) is 5.75 Å². The summed E-state index contributed by atoms with van der Waals surface area (Å²) in [6.45, 7) is 0. The van der Waals surface area contributed by atoms with Crippen molar-refractivity contribution in [1.29, 1.82) is 0 Å². The van der Waals surface area contributed by atoms with Crippen LogP contribution >= 0.6 is 0 Å². The van der Waals surface area contributed by atoms with Crippen molar-refractivity contribution in [2.75, 3.05) is 0 Å². The van der Waals surface area contributed by atoms with Gasteiger partial charge in [-0.2, -0.15) is 0 Å². The maximum absolute atomic E-state index is 9.39. The molecule has 4 heteroatoms. The molecule has 18 heavy (non-hydrogen) atoms. The van der Waals surface area contributed by atoms with Gasteiger partial charge in [-0.3, -0.25) is 4.98 Å². The standard InChI is InChI=1S/C14H13N3O/c18-11-2-3-12-13(9-11)17-14(16-12)4-1-10-5-7-15-8-6-10/h2-3,5-9,18H,1,4H2,(H,16,17). The number of imidazole rings is 1. The Balaban J connectivity index is 1.79. The van der Waals surface area contributed by atoms with Crippen molar-refractivity contribution in [3.63, 3.8) is 0 Å². The molecule has 0 aliphatic carbocycles. The summed E-state index contributed by atoms with van der Waals surface area (Å²) in [6.07, 6.45) is 5.37. The molecule has 3 rings (SSSR count). The highest BCUT2D eigenvalue weighted by Gasteiger charge is 2.03. The lowest BCUT2D eigenvalue weighted by Gasteiger charge is -1.97. The zero-order valence-electron chi connectivity index (χ0n) is 9.80. The summed E-state index contributed by atoms with van der Waals surface area (Å²) in [4.78, 5) is 11.7. The first kappa shape index (κ1) is 10.8. The van der Waals surface area contributed by atoms with Crippen LogP contribution in [-0.4, -0.2) is 20.1 Å². The van der Waals surface area contributed by atoms with Crippen molar-refractivity contribution in [1.82, 2.24) is 15.0 Å². The Bertz CT molecular complexity index is 661. The molecule has 1 aromatic carbocycles. The molecule has 0 aliphatic rings. The van der Waals surface area contributed by atoms with Crippen LogP contribution < -0.4 is 0 Å². The van der Waals surface area contributed by atoms with Crippen molar-refractivity contribution >= 4 is 11.0 Å². The molecule has 90 valence electrons. The molecule has 0 bridgehead atoms. The monoisotopic (exact) mass is 239 g/mol. The van der Waals surface area contributed by atoms with E-state index in [0.29, 0.717) is 0 Å². The van der Waals surface area contributed by atoms with Gasteiger partial charge < -0.3 is 10.1 Å². The number of benzene rings is 1. The SMILES string of the molecule is Oc1ccc2nc(CCc3ccncc3)[nH]c2c1. The Morgan fingerprint density at radius 2 is 1.89 bits per heavy atom. The largest absolute Gasteiger partial charge is 0.508 e. The fourth-order valence-electron chi connectivity index (χ4n) is 1.98. The highest BCUT2D eigenvalue weighted by molar-refractivity contribution is 5.76. The van der Waals surface area contributed by atoms with Gasteiger partial charge in [-0.05, 0) is 36.2 Å². The number of phenols is 1. The van der Waals surface area contributed by atoms with Gasteiger partial charge in [0.2, 0.25) is 0 Å². The fourth-order valence-corrected chi connectivity index (χ4v) is 1.98. The molecule has 2 heterocycles. The molecule has 0 amide bonds. The zero-order chi connectivity index (χ0) is 12.4. The van der Waals surface area contributed by atoms with Gasteiger partial charge in [-0.25, -0.2) is 4.98 Å². The average molecular weight is 239 g/mol. The first-order valence-electron chi connectivity index (χ1n) is 5.88. The van der Waals surface area contributed by atoms with Crippen molar-refractivity contribution < 1.29 is 5.11 Å². The van der Waals surface area contributed by atoms with Gasteiger partial charge in [0.05, 0.1) is 11.0 Å². The van der Waals surface area contributed by atoms with Crippen molar-refractivity contribution in [2.45, 2.75) is 12.8 Å². The summed E-state index contributed by atoms with van der Waals surface area (Å²) in [5, 5.41) is 9.39. The third-order valence-corrected chi connectivity index (χ3v) is 2.91. The number of fused-ring (bicyclic) bond motifs is 1. The van der Waals surface area contributed by atoms with E-state index in [9.17, 15) is 5.11 Å². The van der Waals surface area contributed by atoms with Crippen LogP contribution in [0.4, 0.5) is 0 Å². The molecule has 0 atom stereocenters. The second kappa shape index (κ2) is 4.49. The van der Waals surface area contributed by atoms with E-state index in [1.807, 2.05) is 18.2 Å². The number of aromatic hydroxyl groups is 1. The van der Waals surface area contributed by atoms with Gasteiger partial charge in [0.15, 0.2) is 0 Å². The van der Waals surface area contributed by atoms with Crippen LogP contribution in [0, 0.1) is 0 Å². The minimum Gasteiger partial charge on any atom is -0.508 e. The molecule has 0 fully saturated rings. The van der Waals surface area contributed by atoms with E-state index in [-0.39, 0.29) is 5.75 Å². The highest BCUT2D eigenvalue weighted by atomic mass is 16.3. The van der Waals surface area contributed by atoms with Crippen LogP contribution in [0.25, 0.3) is 11.0 Å². The number of hydrogen-bond acceptors (Lipinski definition) is 3. The fraction of sp³-hybridized carbons (Fsp3) is 0.143. The summed E-state index contributed by atoms with van der Waals surface area (Å²) in [7, 11) is 0. The van der Waals surface area contributed by atoms with Crippen LogP contribution in [0.2, 0.25) is 0 Å². The second-order valence-electron chi connectivity index (χ2n) is 4.24. The third-order valence-electron chi connectivity index (χ3n) is 2.91. The molecule has 2 N–H and O–H groups in total. The normalized spacial score (nSPS) is 10.9. The van der Waals surface area contributed by atoms with Crippen LogP contribution in [0.15, 0.2) is 42.7 Å². The number of H-pyrrole nitrogens is 1. The highest BCUT2D eigenvalue weighted by Crippen LogP contribution is 2.18. The van der Waals surface area contributed by atoms with Gasteiger partial charge in [0, 0.05) is 24.9 Å². The molecule has 0 spiro atoms. The van der Waals surface area contributed by atoms with Gasteiger partial charge in [-0.1, -0.05) is 0 Å². The lowest BCUT2D eigenvalue weighted by molar-refractivity contribution is 0.476. The maximum Gasteiger partial charge on any atom is 0.117 e. The number of nitrogens with zero attached hydrogens (tertiary/aromatic N) is 2. The van der Waals surface area contributed by atoms with E-state index in [4.69, 9.17) is 0 Å². The average Bonchev–Trinajstić information content (AvgIpc) is 2.79. The maximum atomic E-state index is 9.39. The van der Waals surface area contributed by atoms with Crippen molar-refractivity contribution in [3.05, 3.63) is 54.1 Å². The predicted molar refractivity (Wildman–Crippen MR) is 69.4 cm³/mol. The Hall–Kier alpha value is -2.36. The second-order valence-corrected chi connectivity index (χ2v) is 4.24. The minimum absolute atomic E-state index is 0.256. The van der Waals surface area contributed by atoms with Gasteiger partial charge in [-0.15, -0.1) is 0 Å². The number of nitrogens with one attached hydrogen (secondary N) is 1. The first-order valence-corrected chi connectivity index (χ1v) is 5.88. The van der Waals surface area contributed by atoms with E-state index in [1.165, 1.54) is 5.56 Å². The van der Waals surface area contributed by atoms with Crippen LogP contribution in [-0.2, 0) is 12.8 Å². The number of phenolic OH excluding ortho intramolecular Hbond substituents is 1. The van der Waals surface area contributed by atoms with Crippen LogP contribution in [0.1, 0.15) is 11.4 Å². The lowest BCUT2D eigenvalue weighted by atomic mass is 10.1. The van der Waals surface area contributed by atoms with Gasteiger partial charge >= 0.3 is 0 Å². The number of rotatable bonds is 3. The van der Waals surface area contributed by atoms with E-state index in [1.54, 1.807) is 24.5 Å². The minimum atomic E-state index is 0.256. The van der Waals surface area contributed by atoms with Crippen LogP contribution in [0.3, 0.4) is 0 Å². The summed E-state index contributed by atoms with van der Waals surface area (Å²) in [6, 6.07) is 9.17. The Morgan fingerprint density at radius 1 is 1.06 bits per heavy atom. The topological polar surface area (TPSA) is 61.8 Å². The molecular formula is C14H13N3O. The number of aryl methyl sites for hydroxylation is 2. The summed E-state index contributed by atoms with van der Waals surface area (Å²) in [5.74, 6) is 1.19. The van der Waals surface area contributed by atoms with Gasteiger partial charge in [0.1, 0.15) is 11.6 Å².